The lowest BCUT2D eigenvalue weighted by Crippen LogP contribution is -2.43. The summed E-state index contributed by atoms with van der Waals surface area (Å²) in [6, 6.07) is 9.68. The molecule has 2 aromatic carbocycles. The zero-order chi connectivity index (χ0) is 20.5. The van der Waals surface area contributed by atoms with Crippen molar-refractivity contribution in [3.8, 4) is 0 Å². The van der Waals surface area contributed by atoms with Crippen molar-refractivity contribution in [1.82, 2.24) is 15.2 Å². The first-order chi connectivity index (χ1) is 13.3. The van der Waals surface area contributed by atoms with Gasteiger partial charge in [-0.05, 0) is 31.0 Å². The van der Waals surface area contributed by atoms with Gasteiger partial charge >= 0.3 is 5.92 Å². The number of halogens is 2. The van der Waals surface area contributed by atoms with Crippen molar-refractivity contribution in [3.63, 3.8) is 0 Å². The Kier molecular flexibility index (Phi) is 5.10. The molecule has 0 radical (unpaired) electrons. The maximum Gasteiger partial charge on any atom is 0.332 e. The maximum absolute atomic E-state index is 14.7. The van der Waals surface area contributed by atoms with Crippen LogP contribution in [0, 0.1) is 13.8 Å². The van der Waals surface area contributed by atoms with Gasteiger partial charge in [0.15, 0.2) is 6.29 Å². The number of carbonyl (C=O) groups excluding carboxylic acids is 1. The van der Waals surface area contributed by atoms with Gasteiger partial charge in [-0.15, -0.1) is 0 Å². The third kappa shape index (κ3) is 3.20. The number of benzene rings is 2. The van der Waals surface area contributed by atoms with Crippen molar-refractivity contribution >= 4 is 23.0 Å². The molecular weight excluding hydrogens is 366 g/mol. The van der Waals surface area contributed by atoms with Crippen molar-refractivity contribution in [1.29, 1.82) is 0 Å². The second-order valence-electron chi connectivity index (χ2n) is 6.44. The van der Waals surface area contributed by atoms with Crippen LogP contribution in [0.15, 0.2) is 41.5 Å². The number of amidine groups is 1. The highest BCUT2D eigenvalue weighted by Crippen LogP contribution is 2.32. The summed E-state index contributed by atoms with van der Waals surface area (Å²) in [5, 5.41) is 8.22. The zero-order valence-corrected chi connectivity index (χ0v) is 15.4. The molecular formula is C19H20F2N6O. The van der Waals surface area contributed by atoms with E-state index in [-0.39, 0.29) is 12.1 Å². The first-order valence-corrected chi connectivity index (χ1v) is 8.47. The number of fused-ring (bicyclic) bond motifs is 1. The lowest BCUT2D eigenvalue weighted by atomic mass is 10.0. The molecule has 1 aromatic heterocycles. The first-order valence-electron chi connectivity index (χ1n) is 8.47. The van der Waals surface area contributed by atoms with E-state index >= 15 is 0 Å². The number of carbonyl (C=O) groups is 1. The van der Waals surface area contributed by atoms with Crippen LogP contribution in [0.2, 0.25) is 0 Å². The maximum atomic E-state index is 14.7. The van der Waals surface area contributed by atoms with Crippen LogP contribution in [0.1, 0.15) is 32.7 Å². The number of hydrazone groups is 1. The fraction of sp³-hybridized carbons (Fsp3) is 0.211. The Labute approximate surface area is 160 Å². The van der Waals surface area contributed by atoms with Gasteiger partial charge < -0.3 is 11.3 Å². The Hall–Kier alpha value is -3.33. The molecule has 5 N–H and O–H groups in total. The first kappa shape index (κ1) is 19.4. The lowest BCUT2D eigenvalue weighted by molar-refractivity contribution is 0.0714. The minimum absolute atomic E-state index is 0.266. The minimum atomic E-state index is -3.50. The minimum Gasteiger partial charge on any atom is -0.321 e. The van der Waals surface area contributed by atoms with Gasteiger partial charge in [-0.2, -0.15) is 19.0 Å². The molecule has 0 atom stereocenters. The number of alkyl halides is 2. The Balaban J connectivity index is 2.13. The van der Waals surface area contributed by atoms with E-state index in [9.17, 15) is 13.6 Å². The van der Waals surface area contributed by atoms with Crippen LogP contribution >= 0.6 is 0 Å². The Bertz CT molecular complexity index is 1070. The summed E-state index contributed by atoms with van der Waals surface area (Å²) in [5.74, 6) is 5.77. The van der Waals surface area contributed by atoms with Crippen LogP contribution in [-0.4, -0.2) is 21.9 Å². The topological polar surface area (TPSA) is 111 Å². The molecule has 3 rings (SSSR count). The average Bonchev–Trinajstić information content (AvgIpc) is 2.98. The second-order valence-corrected chi connectivity index (χ2v) is 6.44. The number of aromatic nitrogens is 2. The molecule has 3 aromatic rings. The van der Waals surface area contributed by atoms with Gasteiger partial charge in [0.25, 0.3) is 0 Å². The van der Waals surface area contributed by atoms with Gasteiger partial charge in [-0.1, -0.05) is 30.3 Å². The van der Waals surface area contributed by atoms with Crippen molar-refractivity contribution in [2.24, 2.45) is 16.8 Å². The van der Waals surface area contributed by atoms with Crippen molar-refractivity contribution in [3.05, 3.63) is 64.3 Å². The van der Waals surface area contributed by atoms with E-state index in [1.807, 2.05) is 30.5 Å². The second kappa shape index (κ2) is 7.35. The number of hydrazine groups is 1. The molecule has 0 fully saturated rings. The molecule has 0 bridgehead atoms. The fourth-order valence-corrected chi connectivity index (χ4v) is 3.21. The van der Waals surface area contributed by atoms with Crippen LogP contribution in [0.5, 0.6) is 0 Å². The summed E-state index contributed by atoms with van der Waals surface area (Å²) < 4.78 is 30.9. The van der Waals surface area contributed by atoms with Crippen LogP contribution < -0.4 is 17.1 Å². The van der Waals surface area contributed by atoms with E-state index in [0.717, 1.165) is 22.8 Å². The molecule has 0 saturated carbocycles. The van der Waals surface area contributed by atoms with Crippen LogP contribution in [0.3, 0.4) is 0 Å². The van der Waals surface area contributed by atoms with Crippen LogP contribution in [0.25, 0.3) is 10.9 Å². The molecule has 9 heteroatoms. The third-order valence-corrected chi connectivity index (χ3v) is 4.71. The quantitative estimate of drug-likeness (QED) is 0.205. The molecule has 1 heterocycles. The Morgan fingerprint density at radius 1 is 1.32 bits per heavy atom. The molecule has 0 amide bonds. The molecule has 0 aliphatic rings. The van der Waals surface area contributed by atoms with Gasteiger partial charge in [-0.25, -0.2) is 5.84 Å². The zero-order valence-electron chi connectivity index (χ0n) is 15.4. The Morgan fingerprint density at radius 3 is 2.71 bits per heavy atom. The smallest absolute Gasteiger partial charge is 0.321 e. The SMILES string of the molecule is Cc1cccc(Cn2nc(C)c3ccc(C(F)(F)C(=NN)NN)cc32)c1C=O. The van der Waals surface area contributed by atoms with E-state index in [1.54, 1.807) is 17.7 Å². The number of aryl methyl sites for hydroxylation is 2. The number of rotatable bonds is 5. The molecule has 0 spiro atoms. The van der Waals surface area contributed by atoms with Crippen molar-refractivity contribution < 1.29 is 13.6 Å². The van der Waals surface area contributed by atoms with Crippen molar-refractivity contribution in [2.75, 3.05) is 0 Å². The molecule has 0 aliphatic heterocycles. The summed E-state index contributed by atoms with van der Waals surface area (Å²) in [6.45, 7) is 3.90. The highest BCUT2D eigenvalue weighted by molar-refractivity contribution is 5.91. The van der Waals surface area contributed by atoms with E-state index in [2.05, 4.69) is 10.2 Å². The monoisotopic (exact) mass is 386 g/mol. The standard InChI is InChI=1S/C19H20F2N6O/c1-11-4-3-5-13(16(11)10-28)9-27-17-8-14(6-7-15(17)12(2)26-27)19(20,21)18(24-22)25-23/h3-8,10H,9,22-23H2,1-2H3,(H,24,25). The summed E-state index contributed by atoms with van der Waals surface area (Å²) >= 11 is 0. The summed E-state index contributed by atoms with van der Waals surface area (Å²) in [4.78, 5) is 11.5. The molecule has 146 valence electrons. The highest BCUT2D eigenvalue weighted by atomic mass is 19.3. The average molecular weight is 386 g/mol. The Morgan fingerprint density at radius 2 is 2.07 bits per heavy atom. The van der Waals surface area contributed by atoms with Gasteiger partial charge in [0.1, 0.15) is 0 Å². The number of nitrogens with zero attached hydrogens (tertiary/aromatic N) is 3. The van der Waals surface area contributed by atoms with E-state index in [0.29, 0.717) is 16.8 Å². The molecule has 0 aliphatic carbocycles. The van der Waals surface area contributed by atoms with Crippen LogP contribution in [-0.2, 0) is 12.5 Å². The molecule has 0 unspecified atom stereocenters. The van der Waals surface area contributed by atoms with E-state index in [4.69, 9.17) is 11.7 Å². The van der Waals surface area contributed by atoms with Gasteiger partial charge in [0, 0.05) is 16.5 Å². The molecule has 0 saturated heterocycles. The number of nitrogens with two attached hydrogens (primary N) is 2. The van der Waals surface area contributed by atoms with E-state index < -0.39 is 11.8 Å². The number of aldehydes is 1. The number of hydrogen-bond acceptors (Lipinski definition) is 5. The number of nitrogens with one attached hydrogen (secondary N) is 1. The molecule has 28 heavy (non-hydrogen) atoms. The normalized spacial score (nSPS) is 12.4. The lowest BCUT2D eigenvalue weighted by Gasteiger charge is -2.18. The van der Waals surface area contributed by atoms with Gasteiger partial charge in [0.05, 0.1) is 17.8 Å². The predicted molar refractivity (Wildman–Crippen MR) is 103 cm³/mol. The summed E-state index contributed by atoms with van der Waals surface area (Å²) in [5.41, 5.74) is 4.85. The summed E-state index contributed by atoms with van der Waals surface area (Å²) in [6.07, 6.45) is 0.791. The number of hydrogen-bond donors (Lipinski definition) is 3. The van der Waals surface area contributed by atoms with Gasteiger partial charge in [0.2, 0.25) is 5.84 Å². The fourth-order valence-electron chi connectivity index (χ4n) is 3.21. The third-order valence-electron chi connectivity index (χ3n) is 4.71. The highest BCUT2D eigenvalue weighted by Gasteiger charge is 2.39. The largest absolute Gasteiger partial charge is 0.332 e. The predicted octanol–water partition coefficient (Wildman–Crippen LogP) is 2.34. The summed E-state index contributed by atoms with van der Waals surface area (Å²) in [7, 11) is 0. The van der Waals surface area contributed by atoms with Crippen molar-refractivity contribution in [2.45, 2.75) is 26.3 Å². The van der Waals surface area contributed by atoms with E-state index in [1.165, 1.54) is 12.1 Å². The van der Waals surface area contributed by atoms with Gasteiger partial charge in [-0.3, -0.25) is 9.48 Å². The molecule has 7 nitrogen and oxygen atoms in total. The van der Waals surface area contributed by atoms with Crippen LogP contribution in [0.4, 0.5) is 8.78 Å².